The Bertz CT molecular complexity index is 808. The van der Waals surface area contributed by atoms with Crippen molar-refractivity contribution in [2.45, 2.75) is 17.6 Å². The van der Waals surface area contributed by atoms with Gasteiger partial charge < -0.3 is 0 Å². The van der Waals surface area contributed by atoms with E-state index in [1.165, 1.54) is 12.1 Å². The van der Waals surface area contributed by atoms with Crippen LogP contribution in [0.25, 0.3) is 0 Å². The predicted octanol–water partition coefficient (Wildman–Crippen LogP) is 4.36. The second-order valence-corrected chi connectivity index (χ2v) is 7.12. The molecular formula is C15H12ClNO2S2. The fourth-order valence-corrected chi connectivity index (χ4v) is 3.44. The standard InChI is InChI=1S/C15H12ClNO2S2/c1-11-8-12(2-7-15(11)16)9-21(18,19)14-5-3-13(4-6-14)17-10-20/h2-8H,9H2,1H3. The average molecular weight is 338 g/mol. The predicted molar refractivity (Wildman–Crippen MR) is 88.2 cm³/mol. The highest BCUT2D eigenvalue weighted by molar-refractivity contribution is 7.90. The van der Waals surface area contributed by atoms with E-state index < -0.39 is 9.84 Å². The van der Waals surface area contributed by atoms with E-state index in [9.17, 15) is 8.42 Å². The third-order valence-corrected chi connectivity index (χ3v) is 5.17. The molecule has 2 rings (SSSR count). The van der Waals surface area contributed by atoms with Crippen molar-refractivity contribution in [1.29, 1.82) is 0 Å². The highest BCUT2D eigenvalue weighted by Crippen LogP contribution is 2.22. The molecule has 0 aliphatic heterocycles. The summed E-state index contributed by atoms with van der Waals surface area (Å²) in [6, 6.07) is 11.4. The minimum atomic E-state index is -3.41. The molecule has 0 bridgehead atoms. The maximum absolute atomic E-state index is 12.4. The number of halogens is 1. The van der Waals surface area contributed by atoms with Gasteiger partial charge >= 0.3 is 0 Å². The van der Waals surface area contributed by atoms with Gasteiger partial charge in [0.25, 0.3) is 0 Å². The maximum Gasteiger partial charge on any atom is 0.182 e. The molecule has 0 amide bonds. The zero-order chi connectivity index (χ0) is 15.5. The zero-order valence-electron chi connectivity index (χ0n) is 11.2. The Kier molecular flexibility index (Phi) is 4.91. The largest absolute Gasteiger partial charge is 0.223 e. The van der Waals surface area contributed by atoms with Gasteiger partial charge in [0.2, 0.25) is 0 Å². The molecule has 0 saturated heterocycles. The fraction of sp³-hybridized carbons (Fsp3) is 0.133. The zero-order valence-corrected chi connectivity index (χ0v) is 13.6. The first-order valence-electron chi connectivity index (χ1n) is 6.08. The van der Waals surface area contributed by atoms with Gasteiger partial charge in [-0.15, -0.1) is 0 Å². The lowest BCUT2D eigenvalue weighted by Gasteiger charge is -2.06. The number of isothiocyanates is 1. The van der Waals surface area contributed by atoms with Crippen LogP contribution in [0.2, 0.25) is 5.02 Å². The third kappa shape index (κ3) is 3.99. The molecule has 0 fully saturated rings. The number of aliphatic imine (C=N–C) groups is 1. The first kappa shape index (κ1) is 15.9. The van der Waals surface area contributed by atoms with E-state index in [-0.39, 0.29) is 10.6 Å². The quantitative estimate of drug-likeness (QED) is 0.615. The number of benzene rings is 2. The summed E-state index contributed by atoms with van der Waals surface area (Å²) < 4.78 is 24.7. The number of rotatable bonds is 4. The van der Waals surface area contributed by atoms with Gasteiger partial charge in [0.05, 0.1) is 21.5 Å². The summed E-state index contributed by atoms with van der Waals surface area (Å²) in [6.45, 7) is 1.84. The Morgan fingerprint density at radius 2 is 1.86 bits per heavy atom. The van der Waals surface area contributed by atoms with E-state index in [0.717, 1.165) is 5.56 Å². The lowest BCUT2D eigenvalue weighted by molar-refractivity contribution is 0.595. The molecule has 21 heavy (non-hydrogen) atoms. The van der Waals surface area contributed by atoms with Crippen molar-refractivity contribution in [2.75, 3.05) is 0 Å². The van der Waals surface area contributed by atoms with E-state index in [2.05, 4.69) is 22.4 Å². The minimum Gasteiger partial charge on any atom is -0.223 e. The summed E-state index contributed by atoms with van der Waals surface area (Å²) in [4.78, 5) is 4.04. The van der Waals surface area contributed by atoms with Gasteiger partial charge in [0.1, 0.15) is 0 Å². The van der Waals surface area contributed by atoms with Gasteiger partial charge in [-0.2, -0.15) is 4.99 Å². The maximum atomic E-state index is 12.4. The molecule has 6 heteroatoms. The van der Waals surface area contributed by atoms with E-state index in [4.69, 9.17) is 11.6 Å². The number of sulfone groups is 1. The first-order valence-corrected chi connectivity index (χ1v) is 8.52. The van der Waals surface area contributed by atoms with Crippen LogP contribution in [0.4, 0.5) is 5.69 Å². The normalized spacial score (nSPS) is 11.0. The molecule has 0 atom stereocenters. The molecule has 0 saturated carbocycles. The van der Waals surface area contributed by atoms with Crippen molar-refractivity contribution >= 4 is 44.5 Å². The second kappa shape index (κ2) is 6.50. The van der Waals surface area contributed by atoms with Gasteiger partial charge in [-0.1, -0.05) is 23.7 Å². The molecule has 2 aromatic carbocycles. The molecule has 0 aliphatic carbocycles. The summed E-state index contributed by atoms with van der Waals surface area (Å²) in [7, 11) is -3.41. The second-order valence-electron chi connectivity index (χ2n) is 4.54. The molecule has 2 aromatic rings. The topological polar surface area (TPSA) is 46.5 Å². The molecule has 0 spiro atoms. The van der Waals surface area contributed by atoms with Crippen molar-refractivity contribution in [3.05, 3.63) is 58.6 Å². The van der Waals surface area contributed by atoms with Crippen molar-refractivity contribution in [3.63, 3.8) is 0 Å². The smallest absolute Gasteiger partial charge is 0.182 e. The number of hydrogen-bond donors (Lipinski definition) is 0. The van der Waals surface area contributed by atoms with Gasteiger partial charge in [-0.25, -0.2) is 8.42 Å². The summed E-state index contributed by atoms with van der Waals surface area (Å²) in [6.07, 6.45) is 0. The highest BCUT2D eigenvalue weighted by Gasteiger charge is 2.15. The van der Waals surface area contributed by atoms with Crippen molar-refractivity contribution in [1.82, 2.24) is 0 Å². The third-order valence-electron chi connectivity index (χ3n) is 2.95. The van der Waals surface area contributed by atoms with Crippen LogP contribution in [0.1, 0.15) is 11.1 Å². The van der Waals surface area contributed by atoms with Crippen LogP contribution >= 0.6 is 23.8 Å². The van der Waals surface area contributed by atoms with E-state index in [1.807, 2.05) is 6.92 Å². The Balaban J connectivity index is 2.29. The van der Waals surface area contributed by atoms with Crippen LogP contribution in [0.5, 0.6) is 0 Å². The van der Waals surface area contributed by atoms with E-state index >= 15 is 0 Å². The van der Waals surface area contributed by atoms with E-state index in [0.29, 0.717) is 16.3 Å². The van der Waals surface area contributed by atoms with E-state index in [1.54, 1.807) is 30.3 Å². The monoisotopic (exact) mass is 337 g/mol. The molecule has 0 aliphatic rings. The average Bonchev–Trinajstić information content (AvgIpc) is 2.44. The van der Waals surface area contributed by atoms with Gasteiger partial charge in [-0.05, 0) is 60.6 Å². The van der Waals surface area contributed by atoms with Crippen LogP contribution in [-0.2, 0) is 15.6 Å². The van der Waals surface area contributed by atoms with Gasteiger partial charge in [0, 0.05) is 5.02 Å². The Hall–Kier alpha value is -1.52. The van der Waals surface area contributed by atoms with Crippen molar-refractivity contribution < 1.29 is 8.42 Å². The molecule has 0 unspecified atom stereocenters. The summed E-state index contributed by atoms with van der Waals surface area (Å²) in [5, 5.41) is 2.86. The molecule has 0 aromatic heterocycles. The summed E-state index contributed by atoms with van der Waals surface area (Å²) in [5.41, 5.74) is 2.14. The number of thiocarbonyl (C=S) groups is 1. The SMILES string of the molecule is Cc1cc(CS(=O)(=O)c2ccc(N=C=S)cc2)ccc1Cl. The van der Waals surface area contributed by atoms with Crippen LogP contribution in [0, 0.1) is 6.92 Å². The Morgan fingerprint density at radius 1 is 1.19 bits per heavy atom. The van der Waals surface area contributed by atoms with Crippen LogP contribution in [-0.4, -0.2) is 13.6 Å². The molecule has 3 nitrogen and oxygen atoms in total. The summed E-state index contributed by atoms with van der Waals surface area (Å²) in [5.74, 6) is -0.0687. The minimum absolute atomic E-state index is 0.0687. The van der Waals surface area contributed by atoms with Crippen LogP contribution in [0.3, 0.4) is 0 Å². The molecular weight excluding hydrogens is 326 g/mol. The molecule has 0 heterocycles. The molecule has 0 radical (unpaired) electrons. The van der Waals surface area contributed by atoms with Crippen LogP contribution in [0.15, 0.2) is 52.4 Å². The summed E-state index contributed by atoms with van der Waals surface area (Å²) >= 11 is 10.4. The van der Waals surface area contributed by atoms with Gasteiger partial charge in [0.15, 0.2) is 9.84 Å². The van der Waals surface area contributed by atoms with Crippen molar-refractivity contribution in [2.24, 2.45) is 4.99 Å². The van der Waals surface area contributed by atoms with Crippen molar-refractivity contribution in [3.8, 4) is 0 Å². The molecule has 108 valence electrons. The Morgan fingerprint density at radius 3 is 2.43 bits per heavy atom. The lowest BCUT2D eigenvalue weighted by atomic mass is 10.2. The number of hydrogen-bond acceptors (Lipinski definition) is 4. The highest BCUT2D eigenvalue weighted by atomic mass is 35.5. The van der Waals surface area contributed by atoms with Crippen LogP contribution < -0.4 is 0 Å². The number of nitrogens with zero attached hydrogens (tertiary/aromatic N) is 1. The number of aryl methyl sites for hydroxylation is 1. The Labute approximate surface area is 134 Å². The first-order chi connectivity index (χ1) is 9.92. The molecule has 0 N–H and O–H groups in total. The lowest BCUT2D eigenvalue weighted by Crippen LogP contribution is -2.05. The van der Waals surface area contributed by atoms with Gasteiger partial charge in [-0.3, -0.25) is 0 Å². The fourth-order valence-electron chi connectivity index (χ4n) is 1.88.